The molecule has 0 N–H and O–H groups in total. The maximum atomic E-state index is 14.5. The molecule has 6 nitrogen and oxygen atoms in total. The van der Waals surface area contributed by atoms with E-state index >= 15 is 0 Å². The zero-order valence-corrected chi connectivity index (χ0v) is 20.4. The normalized spacial score (nSPS) is 23.0. The molecule has 5 rings (SSSR count). The van der Waals surface area contributed by atoms with Crippen molar-refractivity contribution in [3.8, 4) is 5.75 Å². The number of ether oxygens (including phenoxy) is 1. The van der Waals surface area contributed by atoms with E-state index < -0.39 is 0 Å². The Labute approximate surface area is 205 Å². The average Bonchev–Trinajstić information content (AvgIpc) is 3.59. The molecular formula is C26H32ClFN4O2. The summed E-state index contributed by atoms with van der Waals surface area (Å²) >= 11 is 5.89. The van der Waals surface area contributed by atoms with Gasteiger partial charge in [-0.1, -0.05) is 24.6 Å². The Morgan fingerprint density at radius 2 is 1.94 bits per heavy atom. The number of piperidine rings is 1. The highest BCUT2D eigenvalue weighted by Gasteiger charge is 2.43. The number of hydrogen-bond donors (Lipinski definition) is 0. The van der Waals surface area contributed by atoms with E-state index in [-0.39, 0.29) is 18.1 Å². The third-order valence-electron chi connectivity index (χ3n) is 7.55. The SMILES string of the molecule is CC1CN(C(=O)Cc2ccc(OCCC3CC3C3CCN(c4ncc(Cl)cn4)CC3)cc2F)C1. The highest BCUT2D eigenvalue weighted by atomic mass is 35.5. The molecule has 0 spiro atoms. The summed E-state index contributed by atoms with van der Waals surface area (Å²) in [6.07, 6.45) is 8.01. The predicted octanol–water partition coefficient (Wildman–Crippen LogP) is 4.61. The Morgan fingerprint density at radius 3 is 2.62 bits per heavy atom. The van der Waals surface area contributed by atoms with Crippen molar-refractivity contribution in [3.63, 3.8) is 0 Å². The van der Waals surface area contributed by atoms with Crippen LogP contribution in [-0.4, -0.2) is 53.6 Å². The summed E-state index contributed by atoms with van der Waals surface area (Å²) in [5.74, 6) is 3.71. The topological polar surface area (TPSA) is 58.6 Å². The first-order valence-electron chi connectivity index (χ1n) is 12.4. The second-order valence-corrected chi connectivity index (χ2v) is 10.6. The van der Waals surface area contributed by atoms with Gasteiger partial charge in [-0.15, -0.1) is 0 Å². The van der Waals surface area contributed by atoms with Crippen LogP contribution in [0.4, 0.5) is 10.3 Å². The smallest absolute Gasteiger partial charge is 0.227 e. The Hall–Kier alpha value is -2.41. The number of carbonyl (C=O) groups is 1. The molecule has 3 aliphatic rings. The van der Waals surface area contributed by atoms with Gasteiger partial charge >= 0.3 is 0 Å². The Balaban J connectivity index is 1.02. The maximum absolute atomic E-state index is 14.5. The molecular weight excluding hydrogens is 455 g/mol. The van der Waals surface area contributed by atoms with Gasteiger partial charge in [0.15, 0.2) is 0 Å². The van der Waals surface area contributed by atoms with Gasteiger partial charge in [0.1, 0.15) is 11.6 Å². The van der Waals surface area contributed by atoms with Crippen LogP contribution >= 0.6 is 11.6 Å². The van der Waals surface area contributed by atoms with Crippen molar-refractivity contribution in [1.82, 2.24) is 14.9 Å². The third kappa shape index (κ3) is 5.45. The summed E-state index contributed by atoms with van der Waals surface area (Å²) in [5, 5.41) is 0.562. The fourth-order valence-electron chi connectivity index (χ4n) is 5.44. The summed E-state index contributed by atoms with van der Waals surface area (Å²) in [4.78, 5) is 24.9. The van der Waals surface area contributed by atoms with E-state index in [4.69, 9.17) is 16.3 Å². The number of nitrogens with zero attached hydrogens (tertiary/aromatic N) is 4. The zero-order valence-electron chi connectivity index (χ0n) is 19.6. The molecule has 3 heterocycles. The number of carbonyl (C=O) groups excluding carboxylic acids is 1. The van der Waals surface area contributed by atoms with Crippen LogP contribution in [0.1, 0.15) is 38.2 Å². The van der Waals surface area contributed by atoms with Crippen LogP contribution in [0, 0.1) is 29.5 Å². The molecule has 1 aromatic heterocycles. The second kappa shape index (κ2) is 10.1. The molecule has 2 aliphatic heterocycles. The highest BCUT2D eigenvalue weighted by Crippen LogP contribution is 2.49. The van der Waals surface area contributed by atoms with Gasteiger partial charge < -0.3 is 14.5 Å². The second-order valence-electron chi connectivity index (χ2n) is 10.2. The van der Waals surface area contributed by atoms with Crippen LogP contribution in [-0.2, 0) is 11.2 Å². The summed E-state index contributed by atoms with van der Waals surface area (Å²) in [7, 11) is 0. The van der Waals surface area contributed by atoms with Crippen molar-refractivity contribution < 1.29 is 13.9 Å². The number of benzene rings is 1. The van der Waals surface area contributed by atoms with E-state index in [1.807, 2.05) is 0 Å². The van der Waals surface area contributed by atoms with E-state index in [0.29, 0.717) is 34.8 Å². The van der Waals surface area contributed by atoms with E-state index in [2.05, 4.69) is 21.8 Å². The standard InChI is InChI=1S/C26H32ClFN4O2/c1-17-15-32(16-17)25(33)11-20-2-3-22(12-24(20)28)34-9-6-19-10-23(19)18-4-7-31(8-5-18)26-29-13-21(27)14-30-26/h2-3,12-14,17-19,23H,4-11,15-16H2,1H3. The lowest BCUT2D eigenvalue weighted by molar-refractivity contribution is -0.136. The first-order chi connectivity index (χ1) is 16.5. The number of anilines is 1. The van der Waals surface area contributed by atoms with Gasteiger partial charge in [0.05, 0.1) is 30.4 Å². The fraction of sp³-hybridized carbons (Fsp3) is 0.577. The molecule has 2 saturated heterocycles. The van der Waals surface area contributed by atoms with Crippen molar-refractivity contribution in [2.45, 2.75) is 39.0 Å². The van der Waals surface area contributed by atoms with E-state index in [9.17, 15) is 9.18 Å². The first-order valence-corrected chi connectivity index (χ1v) is 12.8. The van der Waals surface area contributed by atoms with Crippen LogP contribution in [0.3, 0.4) is 0 Å². The molecule has 1 aromatic carbocycles. The minimum atomic E-state index is -0.361. The van der Waals surface area contributed by atoms with Gasteiger partial charge in [0, 0.05) is 32.2 Å². The molecule has 3 fully saturated rings. The van der Waals surface area contributed by atoms with Gasteiger partial charge in [-0.05, 0) is 61.0 Å². The molecule has 0 bridgehead atoms. The van der Waals surface area contributed by atoms with Gasteiger partial charge in [0.25, 0.3) is 0 Å². The third-order valence-corrected chi connectivity index (χ3v) is 7.75. The molecule has 2 unspecified atom stereocenters. The van der Waals surface area contributed by atoms with Crippen LogP contribution in [0.2, 0.25) is 5.02 Å². The molecule has 34 heavy (non-hydrogen) atoms. The number of hydrogen-bond acceptors (Lipinski definition) is 5. The molecule has 0 radical (unpaired) electrons. The quantitative estimate of drug-likeness (QED) is 0.545. The highest BCUT2D eigenvalue weighted by molar-refractivity contribution is 6.30. The Morgan fingerprint density at radius 1 is 1.21 bits per heavy atom. The monoisotopic (exact) mass is 486 g/mol. The Bertz CT molecular complexity index is 1010. The lowest BCUT2D eigenvalue weighted by atomic mass is 9.90. The average molecular weight is 487 g/mol. The molecule has 2 atom stereocenters. The zero-order chi connectivity index (χ0) is 23.7. The van der Waals surface area contributed by atoms with E-state index in [1.165, 1.54) is 12.5 Å². The van der Waals surface area contributed by atoms with E-state index in [1.54, 1.807) is 29.4 Å². The number of likely N-dealkylation sites (tertiary alicyclic amines) is 1. The number of aromatic nitrogens is 2. The largest absolute Gasteiger partial charge is 0.493 e. The fourth-order valence-corrected chi connectivity index (χ4v) is 5.54. The number of amides is 1. The molecule has 182 valence electrons. The molecule has 2 aromatic rings. The Kier molecular flexibility index (Phi) is 6.91. The van der Waals surface area contributed by atoms with Gasteiger partial charge in [-0.25, -0.2) is 14.4 Å². The minimum Gasteiger partial charge on any atom is -0.493 e. The van der Waals surface area contributed by atoms with Crippen molar-refractivity contribution in [2.24, 2.45) is 23.7 Å². The van der Waals surface area contributed by atoms with Gasteiger partial charge in [-0.2, -0.15) is 0 Å². The van der Waals surface area contributed by atoms with Crippen LogP contribution in [0.5, 0.6) is 5.75 Å². The minimum absolute atomic E-state index is 0.00281. The van der Waals surface area contributed by atoms with Gasteiger partial charge in [0.2, 0.25) is 11.9 Å². The van der Waals surface area contributed by atoms with Crippen molar-refractivity contribution in [2.75, 3.05) is 37.7 Å². The lowest BCUT2D eigenvalue weighted by Gasteiger charge is -2.37. The van der Waals surface area contributed by atoms with Crippen molar-refractivity contribution in [1.29, 1.82) is 0 Å². The molecule has 1 amide bonds. The maximum Gasteiger partial charge on any atom is 0.227 e. The summed E-state index contributed by atoms with van der Waals surface area (Å²) in [5.41, 5.74) is 0.439. The predicted molar refractivity (Wildman–Crippen MR) is 130 cm³/mol. The van der Waals surface area contributed by atoms with Crippen molar-refractivity contribution in [3.05, 3.63) is 47.0 Å². The summed E-state index contributed by atoms with van der Waals surface area (Å²) in [6, 6.07) is 4.88. The van der Waals surface area contributed by atoms with E-state index in [0.717, 1.165) is 63.2 Å². The number of rotatable bonds is 8. The molecule has 1 saturated carbocycles. The number of halogens is 2. The molecule has 1 aliphatic carbocycles. The van der Waals surface area contributed by atoms with Gasteiger partial charge in [-0.3, -0.25) is 4.79 Å². The van der Waals surface area contributed by atoms with Crippen LogP contribution in [0.25, 0.3) is 0 Å². The van der Waals surface area contributed by atoms with Crippen LogP contribution < -0.4 is 9.64 Å². The van der Waals surface area contributed by atoms with Crippen LogP contribution in [0.15, 0.2) is 30.6 Å². The molecule has 8 heteroatoms. The summed E-state index contributed by atoms with van der Waals surface area (Å²) in [6.45, 7) is 6.23. The summed E-state index contributed by atoms with van der Waals surface area (Å²) < 4.78 is 20.3. The first kappa shape index (κ1) is 23.3. The lowest BCUT2D eigenvalue weighted by Crippen LogP contribution is -2.49. The van der Waals surface area contributed by atoms with Crippen molar-refractivity contribution >= 4 is 23.5 Å².